The van der Waals surface area contributed by atoms with Crippen molar-refractivity contribution >= 4 is 17.7 Å². The Kier molecular flexibility index (Phi) is 3.87. The topological polar surface area (TPSA) is 100 Å². The summed E-state index contributed by atoms with van der Waals surface area (Å²) in [5.74, 6) is -0.142. The van der Waals surface area contributed by atoms with Crippen LogP contribution in [0.3, 0.4) is 0 Å². The second kappa shape index (κ2) is 6.19. The van der Waals surface area contributed by atoms with E-state index in [2.05, 4.69) is 20.5 Å². The molecule has 8 heteroatoms. The van der Waals surface area contributed by atoms with Gasteiger partial charge in [0, 0.05) is 6.92 Å². The highest BCUT2D eigenvalue weighted by atomic mass is 16.6. The summed E-state index contributed by atoms with van der Waals surface area (Å²) in [6, 6.07) is 2.00. The molecule has 8 nitrogen and oxygen atoms in total. The van der Waals surface area contributed by atoms with Gasteiger partial charge in [0.25, 0.3) is 0 Å². The molecule has 2 amide bonds. The monoisotopic (exact) mass is 341 g/mol. The van der Waals surface area contributed by atoms with Crippen molar-refractivity contribution in [2.24, 2.45) is 0 Å². The molecule has 2 aliphatic rings. The number of pyridine rings is 1. The number of aryl methyl sites for hydroxylation is 2. The molecule has 130 valence electrons. The van der Waals surface area contributed by atoms with E-state index in [9.17, 15) is 9.59 Å². The van der Waals surface area contributed by atoms with Gasteiger partial charge in [-0.1, -0.05) is 0 Å². The number of fused-ring (bicyclic) bond motifs is 3. The fourth-order valence-corrected chi connectivity index (χ4v) is 3.33. The van der Waals surface area contributed by atoms with Gasteiger partial charge in [0.05, 0.1) is 42.6 Å². The summed E-state index contributed by atoms with van der Waals surface area (Å²) in [7, 11) is 0. The van der Waals surface area contributed by atoms with Crippen LogP contribution >= 0.6 is 0 Å². The number of anilines is 1. The normalized spacial score (nSPS) is 19.0. The highest BCUT2D eigenvalue weighted by molar-refractivity contribution is 5.90. The number of nitrogens with zero attached hydrogens (tertiary/aromatic N) is 3. The Hall–Kier alpha value is -2.90. The molecule has 0 bridgehead atoms. The number of carbonyl (C=O) groups excluding carboxylic acids is 2. The Balaban J connectivity index is 1.58. The lowest BCUT2D eigenvalue weighted by Gasteiger charge is -2.15. The van der Waals surface area contributed by atoms with Crippen LogP contribution in [0.25, 0.3) is 11.4 Å². The van der Waals surface area contributed by atoms with Crippen LogP contribution in [0.4, 0.5) is 10.5 Å². The Morgan fingerprint density at radius 1 is 1.40 bits per heavy atom. The molecule has 0 spiro atoms. The van der Waals surface area contributed by atoms with E-state index in [1.54, 1.807) is 11.1 Å². The van der Waals surface area contributed by atoms with E-state index in [-0.39, 0.29) is 12.0 Å². The molecule has 2 N–H and O–H groups in total. The van der Waals surface area contributed by atoms with Gasteiger partial charge in [-0.2, -0.15) is 5.10 Å². The zero-order valence-electron chi connectivity index (χ0n) is 13.9. The van der Waals surface area contributed by atoms with Gasteiger partial charge in [0.2, 0.25) is 5.91 Å². The largest absolute Gasteiger partial charge is 0.442 e. The van der Waals surface area contributed by atoms with Crippen LogP contribution in [-0.2, 0) is 22.4 Å². The lowest BCUT2D eigenvalue weighted by Crippen LogP contribution is -2.33. The summed E-state index contributed by atoms with van der Waals surface area (Å²) in [5, 5.41) is 9.82. The number of H-pyrrole nitrogens is 1. The van der Waals surface area contributed by atoms with Crippen molar-refractivity contribution in [2.45, 2.75) is 32.3 Å². The third kappa shape index (κ3) is 2.95. The first-order chi connectivity index (χ1) is 12.1. The van der Waals surface area contributed by atoms with Gasteiger partial charge in [-0.25, -0.2) is 4.79 Å². The fraction of sp³-hybridized carbons (Fsp3) is 0.412. The van der Waals surface area contributed by atoms with E-state index in [0.717, 1.165) is 41.9 Å². The maximum atomic E-state index is 12.2. The van der Waals surface area contributed by atoms with Crippen LogP contribution < -0.4 is 10.2 Å². The van der Waals surface area contributed by atoms with Gasteiger partial charge < -0.3 is 10.1 Å². The molecule has 1 unspecified atom stereocenters. The van der Waals surface area contributed by atoms with E-state index >= 15 is 0 Å². The minimum atomic E-state index is -0.409. The van der Waals surface area contributed by atoms with Gasteiger partial charge in [0.15, 0.2) is 0 Å². The minimum Gasteiger partial charge on any atom is -0.442 e. The first-order valence-corrected chi connectivity index (χ1v) is 8.36. The molecule has 0 saturated carbocycles. The average molecular weight is 341 g/mol. The smallest absolute Gasteiger partial charge is 0.414 e. The van der Waals surface area contributed by atoms with Crippen LogP contribution in [-0.4, -0.2) is 46.4 Å². The number of hydrogen-bond acceptors (Lipinski definition) is 5. The molecule has 2 aromatic heterocycles. The Morgan fingerprint density at radius 2 is 2.24 bits per heavy atom. The number of aromatic nitrogens is 3. The van der Waals surface area contributed by atoms with Crippen LogP contribution in [0, 0.1) is 0 Å². The first-order valence-electron chi connectivity index (χ1n) is 8.36. The lowest BCUT2D eigenvalue weighted by atomic mass is 10.1. The van der Waals surface area contributed by atoms with Crippen molar-refractivity contribution in [3.05, 3.63) is 29.6 Å². The molecule has 0 aromatic carbocycles. The molecule has 1 aliphatic carbocycles. The molecule has 1 atom stereocenters. The van der Waals surface area contributed by atoms with Crippen molar-refractivity contribution < 1.29 is 14.3 Å². The predicted octanol–water partition coefficient (Wildman–Crippen LogP) is 1.42. The van der Waals surface area contributed by atoms with Gasteiger partial charge in [0.1, 0.15) is 6.10 Å². The number of hydrogen-bond donors (Lipinski definition) is 2. The molecular formula is C17H19N5O3. The fourth-order valence-electron chi connectivity index (χ4n) is 3.33. The summed E-state index contributed by atoms with van der Waals surface area (Å²) in [6.45, 7) is 2.15. The summed E-state index contributed by atoms with van der Waals surface area (Å²) < 4.78 is 5.32. The van der Waals surface area contributed by atoms with Gasteiger partial charge >= 0.3 is 6.09 Å². The molecule has 0 radical (unpaired) electrons. The maximum absolute atomic E-state index is 12.2. The number of amides is 2. The van der Waals surface area contributed by atoms with E-state index in [1.165, 1.54) is 12.5 Å². The van der Waals surface area contributed by atoms with E-state index < -0.39 is 6.09 Å². The van der Waals surface area contributed by atoms with Crippen LogP contribution in [0.15, 0.2) is 18.5 Å². The third-order valence-electron chi connectivity index (χ3n) is 4.56. The summed E-state index contributed by atoms with van der Waals surface area (Å²) in [5.41, 5.74) is 4.85. The number of cyclic esters (lactones) is 1. The Bertz CT molecular complexity index is 831. The molecule has 1 saturated heterocycles. The van der Waals surface area contributed by atoms with Crippen molar-refractivity contribution in [3.63, 3.8) is 0 Å². The number of ether oxygens (including phenoxy) is 1. The summed E-state index contributed by atoms with van der Waals surface area (Å²) in [4.78, 5) is 29.3. The molecule has 3 heterocycles. The van der Waals surface area contributed by atoms with Crippen molar-refractivity contribution in [2.75, 3.05) is 18.0 Å². The highest BCUT2D eigenvalue weighted by Crippen LogP contribution is 2.32. The van der Waals surface area contributed by atoms with Gasteiger partial charge in [-0.15, -0.1) is 0 Å². The van der Waals surface area contributed by atoms with E-state index in [0.29, 0.717) is 13.1 Å². The van der Waals surface area contributed by atoms with Crippen LogP contribution in [0.1, 0.15) is 24.5 Å². The number of rotatable bonds is 3. The average Bonchev–Trinajstić information content (AvgIpc) is 3.15. The summed E-state index contributed by atoms with van der Waals surface area (Å²) in [6.07, 6.45) is 5.66. The summed E-state index contributed by atoms with van der Waals surface area (Å²) >= 11 is 0. The quantitative estimate of drug-likeness (QED) is 0.879. The zero-order valence-corrected chi connectivity index (χ0v) is 13.9. The molecule has 1 fully saturated rings. The molecular weight excluding hydrogens is 322 g/mol. The second-order valence-electron chi connectivity index (χ2n) is 6.38. The number of nitrogens with one attached hydrogen (secondary N) is 2. The second-order valence-corrected chi connectivity index (χ2v) is 6.38. The van der Waals surface area contributed by atoms with Crippen LogP contribution in [0.5, 0.6) is 0 Å². The van der Waals surface area contributed by atoms with Crippen molar-refractivity contribution in [1.29, 1.82) is 0 Å². The number of carbonyl (C=O) groups is 2. The maximum Gasteiger partial charge on any atom is 0.414 e. The zero-order chi connectivity index (χ0) is 17.4. The molecule has 2 aromatic rings. The van der Waals surface area contributed by atoms with Crippen molar-refractivity contribution in [1.82, 2.24) is 20.5 Å². The SMILES string of the molecule is CC(=O)NCC1CN(c2cnc3c(c2)CCCc2cn[nH]c2-3)C(=O)O1. The minimum absolute atomic E-state index is 0.142. The van der Waals surface area contributed by atoms with E-state index in [1.807, 2.05) is 12.3 Å². The Labute approximate surface area is 144 Å². The molecule has 4 rings (SSSR count). The molecule has 25 heavy (non-hydrogen) atoms. The standard InChI is InChI=1S/C17H19N5O3/c1-10(23)18-8-14-9-22(17(24)25-14)13-5-11-3-2-4-12-6-20-21-16(12)15(11)19-7-13/h5-7,14H,2-4,8-9H2,1H3,(H,18,23)(H,20,21). The lowest BCUT2D eigenvalue weighted by molar-refractivity contribution is -0.119. The number of aromatic amines is 1. The highest BCUT2D eigenvalue weighted by Gasteiger charge is 2.33. The van der Waals surface area contributed by atoms with Crippen LogP contribution in [0.2, 0.25) is 0 Å². The first kappa shape index (κ1) is 15.6. The molecule has 1 aliphatic heterocycles. The van der Waals surface area contributed by atoms with E-state index in [4.69, 9.17) is 4.74 Å². The Morgan fingerprint density at radius 3 is 3.08 bits per heavy atom. The van der Waals surface area contributed by atoms with Gasteiger partial charge in [-0.05, 0) is 36.5 Å². The third-order valence-corrected chi connectivity index (χ3v) is 4.56. The predicted molar refractivity (Wildman–Crippen MR) is 90.1 cm³/mol. The van der Waals surface area contributed by atoms with Gasteiger partial charge in [-0.3, -0.25) is 19.8 Å². The van der Waals surface area contributed by atoms with Crippen molar-refractivity contribution in [3.8, 4) is 11.4 Å².